The predicted octanol–water partition coefficient (Wildman–Crippen LogP) is 3.02. The molecule has 0 spiro atoms. The number of carbonyl (C=O) groups is 1. The van der Waals surface area contributed by atoms with Crippen molar-refractivity contribution in [3.63, 3.8) is 0 Å². The Labute approximate surface area is 170 Å². The molecular formula is C18H16N6O2S2. The number of benzene rings is 2. The maximum absolute atomic E-state index is 12.4. The Morgan fingerprint density at radius 3 is 2.75 bits per heavy atom. The summed E-state index contributed by atoms with van der Waals surface area (Å²) in [6, 6.07) is 16.8. The highest BCUT2D eigenvalue weighted by Gasteiger charge is 2.13. The van der Waals surface area contributed by atoms with Gasteiger partial charge < -0.3 is 10.1 Å². The van der Waals surface area contributed by atoms with E-state index in [1.807, 2.05) is 48.5 Å². The van der Waals surface area contributed by atoms with Gasteiger partial charge in [0.25, 0.3) is 0 Å². The van der Waals surface area contributed by atoms with E-state index in [1.165, 1.54) is 23.5 Å². The number of nitrogens with one attached hydrogen (secondary N) is 1. The van der Waals surface area contributed by atoms with Crippen LogP contribution in [0.15, 0.2) is 58.6 Å². The molecular weight excluding hydrogens is 396 g/mol. The third-order valence-corrected chi connectivity index (χ3v) is 5.40. The lowest BCUT2D eigenvalue weighted by atomic mass is 10.3. The number of amides is 1. The Balaban J connectivity index is 1.63. The van der Waals surface area contributed by atoms with Gasteiger partial charge in [0.2, 0.25) is 11.1 Å². The smallest absolute Gasteiger partial charge is 0.234 e. The summed E-state index contributed by atoms with van der Waals surface area (Å²) >= 11 is 2.61. The number of aromatic nitrogens is 4. The topological polar surface area (TPSA) is 106 Å². The van der Waals surface area contributed by atoms with Crippen LogP contribution < -0.4 is 10.1 Å². The van der Waals surface area contributed by atoms with E-state index in [2.05, 4.69) is 26.9 Å². The molecule has 0 atom stereocenters. The van der Waals surface area contributed by atoms with Crippen LogP contribution in [0.1, 0.15) is 0 Å². The molecule has 0 unspecified atom stereocenters. The number of hydrogen-bond acceptors (Lipinski definition) is 8. The van der Waals surface area contributed by atoms with Crippen LogP contribution in [-0.4, -0.2) is 44.7 Å². The van der Waals surface area contributed by atoms with E-state index in [4.69, 9.17) is 10.00 Å². The normalized spacial score (nSPS) is 10.3. The molecule has 142 valence electrons. The molecule has 0 bridgehead atoms. The van der Waals surface area contributed by atoms with Crippen molar-refractivity contribution in [2.75, 3.05) is 23.9 Å². The van der Waals surface area contributed by atoms with Crippen LogP contribution in [-0.2, 0) is 4.79 Å². The van der Waals surface area contributed by atoms with Crippen molar-refractivity contribution >= 4 is 35.1 Å². The number of carbonyl (C=O) groups excluding carboxylic acids is 1. The van der Waals surface area contributed by atoms with Crippen LogP contribution in [0, 0.1) is 11.3 Å². The fraction of sp³-hybridized carbons (Fsp3) is 0.167. The number of methoxy groups -OCH3 is 1. The second kappa shape index (κ2) is 9.77. The minimum Gasteiger partial charge on any atom is -0.497 e. The molecule has 3 aromatic rings. The number of ether oxygens (including phenoxy) is 1. The average Bonchev–Trinajstić information content (AvgIpc) is 3.20. The molecule has 2 aromatic carbocycles. The van der Waals surface area contributed by atoms with E-state index in [1.54, 1.807) is 11.8 Å². The van der Waals surface area contributed by atoms with Crippen LogP contribution in [0.4, 0.5) is 5.69 Å². The Morgan fingerprint density at radius 1 is 1.21 bits per heavy atom. The zero-order valence-corrected chi connectivity index (χ0v) is 16.5. The zero-order valence-electron chi connectivity index (χ0n) is 14.9. The fourth-order valence-corrected chi connectivity index (χ4v) is 3.64. The van der Waals surface area contributed by atoms with E-state index in [9.17, 15) is 4.79 Å². The van der Waals surface area contributed by atoms with Crippen molar-refractivity contribution in [1.82, 2.24) is 20.2 Å². The zero-order chi connectivity index (χ0) is 19.8. The van der Waals surface area contributed by atoms with Crippen LogP contribution >= 0.6 is 23.5 Å². The molecule has 0 aliphatic carbocycles. The minimum absolute atomic E-state index is 0.147. The lowest BCUT2D eigenvalue weighted by molar-refractivity contribution is -0.113. The van der Waals surface area contributed by atoms with Gasteiger partial charge in [0.15, 0.2) is 0 Å². The molecule has 0 fully saturated rings. The number of anilines is 1. The molecule has 1 heterocycles. The van der Waals surface area contributed by atoms with E-state index in [0.29, 0.717) is 16.6 Å². The number of nitriles is 1. The summed E-state index contributed by atoms with van der Waals surface area (Å²) in [5.41, 5.74) is 1.45. The largest absolute Gasteiger partial charge is 0.497 e. The highest BCUT2D eigenvalue weighted by Crippen LogP contribution is 2.27. The summed E-state index contributed by atoms with van der Waals surface area (Å²) in [4.78, 5) is 13.2. The first kappa shape index (κ1) is 19.7. The third kappa shape index (κ3) is 5.03. The summed E-state index contributed by atoms with van der Waals surface area (Å²) in [5, 5.41) is 23.8. The summed E-state index contributed by atoms with van der Waals surface area (Å²) in [7, 11) is 1.60. The summed E-state index contributed by atoms with van der Waals surface area (Å²) in [6.07, 6.45) is 0. The minimum atomic E-state index is -0.181. The Morgan fingerprint density at radius 2 is 2.00 bits per heavy atom. The number of rotatable bonds is 8. The molecule has 8 nitrogen and oxygen atoms in total. The van der Waals surface area contributed by atoms with Crippen LogP contribution in [0.2, 0.25) is 0 Å². The molecule has 0 saturated heterocycles. The van der Waals surface area contributed by atoms with Crippen molar-refractivity contribution in [3.8, 4) is 17.5 Å². The Kier molecular flexibility index (Phi) is 6.89. The molecule has 3 rings (SSSR count). The summed E-state index contributed by atoms with van der Waals surface area (Å²) in [6.45, 7) is 0. The quantitative estimate of drug-likeness (QED) is 0.563. The van der Waals surface area contributed by atoms with Crippen molar-refractivity contribution in [2.24, 2.45) is 0 Å². The average molecular weight is 413 g/mol. The molecule has 28 heavy (non-hydrogen) atoms. The van der Waals surface area contributed by atoms with Crippen molar-refractivity contribution < 1.29 is 9.53 Å². The number of tetrazole rings is 1. The van der Waals surface area contributed by atoms with Gasteiger partial charge in [0.05, 0.1) is 36.1 Å². The fourth-order valence-electron chi connectivity index (χ4n) is 2.28. The number of para-hydroxylation sites is 1. The maximum atomic E-state index is 12.4. The van der Waals surface area contributed by atoms with Crippen molar-refractivity contribution in [2.45, 2.75) is 10.1 Å². The van der Waals surface area contributed by atoms with Gasteiger partial charge in [-0.15, -0.1) is 16.9 Å². The number of thioether (sulfide) groups is 2. The lowest BCUT2D eigenvalue weighted by Gasteiger charge is -2.09. The van der Waals surface area contributed by atoms with Crippen molar-refractivity contribution in [3.05, 3.63) is 48.5 Å². The molecule has 10 heteroatoms. The van der Waals surface area contributed by atoms with Gasteiger partial charge in [-0.2, -0.15) is 9.94 Å². The first-order valence-electron chi connectivity index (χ1n) is 8.15. The van der Waals surface area contributed by atoms with E-state index < -0.39 is 0 Å². The molecule has 1 aromatic heterocycles. The van der Waals surface area contributed by atoms with Gasteiger partial charge >= 0.3 is 0 Å². The first-order chi connectivity index (χ1) is 13.7. The SMILES string of the molecule is COc1ccc(-n2nnnc2SCC(=O)Nc2ccccc2SCC#N)cc1. The predicted molar refractivity (Wildman–Crippen MR) is 108 cm³/mol. The van der Waals surface area contributed by atoms with E-state index in [0.717, 1.165) is 16.3 Å². The second-order valence-corrected chi connectivity index (χ2v) is 7.31. The molecule has 0 radical (unpaired) electrons. The Bertz CT molecular complexity index is 984. The van der Waals surface area contributed by atoms with E-state index in [-0.39, 0.29) is 11.7 Å². The van der Waals surface area contributed by atoms with Gasteiger partial charge in [-0.05, 0) is 46.8 Å². The van der Waals surface area contributed by atoms with Crippen molar-refractivity contribution in [1.29, 1.82) is 5.26 Å². The number of hydrogen-bond donors (Lipinski definition) is 1. The molecule has 0 aliphatic heterocycles. The standard InChI is InChI=1S/C18H16N6O2S2/c1-26-14-8-6-13(7-9-14)24-18(21-22-23-24)28-12-17(25)20-15-4-2-3-5-16(15)27-11-10-19/h2-9H,11-12H2,1H3,(H,20,25). The van der Waals surface area contributed by atoms with Gasteiger partial charge in [0.1, 0.15) is 5.75 Å². The van der Waals surface area contributed by atoms with E-state index >= 15 is 0 Å². The summed E-state index contributed by atoms with van der Waals surface area (Å²) in [5.74, 6) is 1.02. The van der Waals surface area contributed by atoms with Gasteiger partial charge in [-0.25, -0.2) is 0 Å². The van der Waals surface area contributed by atoms with Crippen LogP contribution in [0.25, 0.3) is 5.69 Å². The monoisotopic (exact) mass is 412 g/mol. The highest BCUT2D eigenvalue weighted by atomic mass is 32.2. The maximum Gasteiger partial charge on any atom is 0.234 e. The van der Waals surface area contributed by atoms with Gasteiger partial charge in [0, 0.05) is 4.90 Å². The Hall–Kier alpha value is -3.03. The summed E-state index contributed by atoms with van der Waals surface area (Å²) < 4.78 is 6.71. The molecule has 1 N–H and O–H groups in total. The first-order valence-corrected chi connectivity index (χ1v) is 10.1. The lowest BCUT2D eigenvalue weighted by Crippen LogP contribution is -2.15. The van der Waals surface area contributed by atoms with Crippen LogP contribution in [0.5, 0.6) is 5.75 Å². The molecule has 0 saturated carbocycles. The molecule has 1 amide bonds. The molecule has 0 aliphatic rings. The van der Waals surface area contributed by atoms with Gasteiger partial charge in [-0.3, -0.25) is 4.79 Å². The third-order valence-electron chi connectivity index (χ3n) is 3.54. The number of nitrogens with zero attached hydrogens (tertiary/aromatic N) is 5. The highest BCUT2D eigenvalue weighted by molar-refractivity contribution is 8.00. The van der Waals surface area contributed by atoms with Gasteiger partial charge in [-0.1, -0.05) is 23.9 Å². The van der Waals surface area contributed by atoms with Crippen LogP contribution in [0.3, 0.4) is 0 Å². The second-order valence-electron chi connectivity index (χ2n) is 5.35.